The largest absolute Gasteiger partial charge is 0.401 e. The molecule has 1 aliphatic heterocycles. The molecule has 0 radical (unpaired) electrons. The fourth-order valence-corrected chi connectivity index (χ4v) is 2.88. The number of rotatable bonds is 5. The second kappa shape index (κ2) is 7.42. The Morgan fingerprint density at radius 2 is 2.17 bits per heavy atom. The third-order valence-electron chi connectivity index (χ3n) is 4.24. The van der Waals surface area contributed by atoms with Gasteiger partial charge >= 0.3 is 12.2 Å². The summed E-state index contributed by atoms with van der Waals surface area (Å²) in [7, 11) is 1.66. The maximum Gasteiger partial charge on any atom is 0.401 e. The lowest BCUT2D eigenvalue weighted by Crippen LogP contribution is -2.40. The number of carbonyl (C=O) groups is 1. The Balaban J connectivity index is 1.75. The van der Waals surface area contributed by atoms with E-state index in [0.717, 1.165) is 11.3 Å². The van der Waals surface area contributed by atoms with Crippen molar-refractivity contribution in [1.82, 2.24) is 20.3 Å². The number of hydrogen-bond acceptors (Lipinski definition) is 4. The smallest absolute Gasteiger partial charge is 0.361 e. The van der Waals surface area contributed by atoms with Gasteiger partial charge in [-0.2, -0.15) is 13.2 Å². The van der Waals surface area contributed by atoms with Crippen molar-refractivity contribution >= 4 is 6.03 Å². The van der Waals surface area contributed by atoms with Gasteiger partial charge in [-0.05, 0) is 32.7 Å². The van der Waals surface area contributed by atoms with Crippen molar-refractivity contribution in [2.45, 2.75) is 33.0 Å². The van der Waals surface area contributed by atoms with Crippen molar-refractivity contribution in [3.05, 3.63) is 17.0 Å². The number of amides is 2. The lowest BCUT2D eigenvalue weighted by Gasteiger charge is -2.20. The lowest BCUT2D eigenvalue weighted by molar-refractivity contribution is -0.143. The molecule has 1 saturated heterocycles. The summed E-state index contributed by atoms with van der Waals surface area (Å²) in [5, 5.41) is 6.63. The molecule has 1 fully saturated rings. The van der Waals surface area contributed by atoms with E-state index in [1.165, 1.54) is 9.80 Å². The number of nitrogens with zero attached hydrogens (tertiary/aromatic N) is 3. The zero-order valence-electron chi connectivity index (χ0n) is 14.1. The van der Waals surface area contributed by atoms with Crippen molar-refractivity contribution in [3.8, 4) is 0 Å². The van der Waals surface area contributed by atoms with Crippen LogP contribution in [0.3, 0.4) is 0 Å². The predicted octanol–water partition coefficient (Wildman–Crippen LogP) is 2.32. The summed E-state index contributed by atoms with van der Waals surface area (Å²) in [6.07, 6.45) is -3.52. The maximum absolute atomic E-state index is 12.4. The molecule has 1 N–H and O–H groups in total. The molecule has 1 atom stereocenters. The second-order valence-electron chi connectivity index (χ2n) is 6.35. The van der Waals surface area contributed by atoms with Crippen LogP contribution < -0.4 is 5.32 Å². The fraction of sp³-hybridized carbons (Fsp3) is 0.733. The van der Waals surface area contributed by atoms with Crippen LogP contribution in [0.2, 0.25) is 0 Å². The summed E-state index contributed by atoms with van der Waals surface area (Å²) in [5.74, 6) is 0.717. The molecule has 1 aliphatic rings. The second-order valence-corrected chi connectivity index (χ2v) is 6.35. The average molecular weight is 348 g/mol. The van der Waals surface area contributed by atoms with E-state index in [1.807, 2.05) is 6.92 Å². The van der Waals surface area contributed by atoms with E-state index in [0.29, 0.717) is 38.4 Å². The van der Waals surface area contributed by atoms with Gasteiger partial charge in [0.05, 0.1) is 18.8 Å². The third-order valence-corrected chi connectivity index (χ3v) is 4.24. The highest BCUT2D eigenvalue weighted by atomic mass is 19.4. The molecule has 6 nitrogen and oxygen atoms in total. The third kappa shape index (κ3) is 5.12. The van der Waals surface area contributed by atoms with Gasteiger partial charge in [0.2, 0.25) is 0 Å². The summed E-state index contributed by atoms with van der Waals surface area (Å²) in [5.41, 5.74) is 1.61. The van der Waals surface area contributed by atoms with E-state index in [2.05, 4.69) is 10.5 Å². The number of hydrogen-bond donors (Lipinski definition) is 1. The number of likely N-dealkylation sites (tertiary alicyclic amines) is 1. The first-order valence-corrected chi connectivity index (χ1v) is 7.85. The number of urea groups is 1. The monoisotopic (exact) mass is 348 g/mol. The first-order chi connectivity index (χ1) is 11.2. The standard InChI is InChI=1S/C15H23F3N4O2/c1-10-13(11(2)24-20-10)8-21(3)14(23)19-6-12-4-5-22(7-12)9-15(16,17)18/h12H,4-9H2,1-3H3,(H,19,23)/t12-/m1/s1. The van der Waals surface area contributed by atoms with Crippen LogP contribution in [0.25, 0.3) is 0 Å². The molecule has 1 aromatic heterocycles. The first kappa shape index (κ1) is 18.6. The number of aryl methyl sites for hydroxylation is 2. The van der Waals surface area contributed by atoms with Crippen LogP contribution in [0.1, 0.15) is 23.4 Å². The normalized spacial score (nSPS) is 18.8. The van der Waals surface area contributed by atoms with Gasteiger partial charge in [0.1, 0.15) is 5.76 Å². The Hall–Kier alpha value is -1.77. The Morgan fingerprint density at radius 1 is 1.46 bits per heavy atom. The molecule has 2 rings (SSSR count). The van der Waals surface area contributed by atoms with E-state index in [9.17, 15) is 18.0 Å². The Labute approximate surface area is 138 Å². The number of halogens is 3. The molecule has 2 heterocycles. The molecule has 0 unspecified atom stereocenters. The number of alkyl halides is 3. The maximum atomic E-state index is 12.4. The average Bonchev–Trinajstić information content (AvgIpc) is 3.04. The highest BCUT2D eigenvalue weighted by molar-refractivity contribution is 5.73. The van der Waals surface area contributed by atoms with Crippen LogP contribution in [-0.2, 0) is 6.54 Å². The summed E-state index contributed by atoms with van der Waals surface area (Å²) in [4.78, 5) is 15.0. The Bertz CT molecular complexity index is 554. The molecule has 0 saturated carbocycles. The van der Waals surface area contributed by atoms with E-state index in [-0.39, 0.29) is 11.9 Å². The summed E-state index contributed by atoms with van der Waals surface area (Å²) in [6, 6.07) is -0.260. The van der Waals surface area contributed by atoms with E-state index < -0.39 is 12.7 Å². The lowest BCUT2D eigenvalue weighted by atomic mass is 10.1. The molecule has 2 amide bonds. The summed E-state index contributed by atoms with van der Waals surface area (Å²) >= 11 is 0. The van der Waals surface area contributed by atoms with Gasteiger partial charge < -0.3 is 14.7 Å². The zero-order valence-corrected chi connectivity index (χ0v) is 14.1. The molecular formula is C15H23F3N4O2. The van der Waals surface area contributed by atoms with Crippen molar-refractivity contribution in [1.29, 1.82) is 0 Å². The van der Waals surface area contributed by atoms with Gasteiger partial charge in [-0.25, -0.2) is 4.79 Å². The molecule has 136 valence electrons. The molecule has 24 heavy (non-hydrogen) atoms. The van der Waals surface area contributed by atoms with Crippen molar-refractivity contribution in [2.75, 3.05) is 33.2 Å². The first-order valence-electron chi connectivity index (χ1n) is 7.85. The minimum absolute atomic E-state index is 0.0452. The van der Waals surface area contributed by atoms with Gasteiger partial charge in [-0.3, -0.25) is 4.90 Å². The van der Waals surface area contributed by atoms with E-state index >= 15 is 0 Å². The van der Waals surface area contributed by atoms with Crippen molar-refractivity contribution in [2.24, 2.45) is 5.92 Å². The SMILES string of the molecule is Cc1noc(C)c1CN(C)C(=O)NC[C@H]1CCN(CC(F)(F)F)C1. The fourth-order valence-electron chi connectivity index (χ4n) is 2.88. The minimum Gasteiger partial charge on any atom is -0.361 e. The Morgan fingerprint density at radius 3 is 2.75 bits per heavy atom. The van der Waals surface area contributed by atoms with Crippen LogP contribution in [0.15, 0.2) is 4.52 Å². The highest BCUT2D eigenvalue weighted by Crippen LogP contribution is 2.22. The molecule has 0 aliphatic carbocycles. The molecular weight excluding hydrogens is 325 g/mol. The molecule has 0 spiro atoms. The number of carbonyl (C=O) groups excluding carboxylic acids is 1. The summed E-state index contributed by atoms with van der Waals surface area (Å²) in [6.45, 7) is 4.23. The quantitative estimate of drug-likeness (QED) is 0.887. The minimum atomic E-state index is -4.17. The van der Waals surface area contributed by atoms with Crippen LogP contribution >= 0.6 is 0 Å². The topological polar surface area (TPSA) is 61.6 Å². The summed E-state index contributed by atoms with van der Waals surface area (Å²) < 4.78 is 42.2. The van der Waals surface area contributed by atoms with Gasteiger partial charge in [0.15, 0.2) is 0 Å². The number of nitrogens with one attached hydrogen (secondary N) is 1. The Kier molecular flexibility index (Phi) is 5.74. The van der Waals surface area contributed by atoms with Gasteiger partial charge in [-0.1, -0.05) is 5.16 Å². The number of aromatic nitrogens is 1. The molecule has 9 heteroatoms. The van der Waals surface area contributed by atoms with Crippen LogP contribution in [0.4, 0.5) is 18.0 Å². The van der Waals surface area contributed by atoms with Crippen LogP contribution in [0.5, 0.6) is 0 Å². The molecule has 1 aromatic rings. The molecule has 0 bridgehead atoms. The van der Waals surface area contributed by atoms with Crippen molar-refractivity contribution < 1.29 is 22.5 Å². The molecule has 0 aromatic carbocycles. The van der Waals surface area contributed by atoms with Crippen molar-refractivity contribution in [3.63, 3.8) is 0 Å². The van der Waals surface area contributed by atoms with Gasteiger partial charge in [-0.15, -0.1) is 0 Å². The van der Waals surface area contributed by atoms with E-state index in [1.54, 1.807) is 14.0 Å². The van der Waals surface area contributed by atoms with Crippen LogP contribution in [0, 0.1) is 19.8 Å². The zero-order chi connectivity index (χ0) is 17.9. The van der Waals surface area contributed by atoms with E-state index in [4.69, 9.17) is 4.52 Å². The highest BCUT2D eigenvalue weighted by Gasteiger charge is 2.34. The van der Waals surface area contributed by atoms with Crippen LogP contribution in [-0.4, -0.2) is 60.4 Å². The van der Waals surface area contributed by atoms with Gasteiger partial charge in [0, 0.05) is 25.7 Å². The predicted molar refractivity (Wildman–Crippen MR) is 81.4 cm³/mol. The van der Waals surface area contributed by atoms with Gasteiger partial charge in [0.25, 0.3) is 0 Å².